The quantitative estimate of drug-likeness (QED) is 0.849. The third kappa shape index (κ3) is 2.66. The number of anilines is 1. The van der Waals surface area contributed by atoms with Gasteiger partial charge in [-0.2, -0.15) is 0 Å². The predicted octanol–water partition coefficient (Wildman–Crippen LogP) is 1.74. The molecule has 0 bridgehead atoms. The van der Waals surface area contributed by atoms with Gasteiger partial charge >= 0.3 is 0 Å². The second kappa shape index (κ2) is 4.90. The topological polar surface area (TPSA) is 41.0 Å². The van der Waals surface area contributed by atoms with Gasteiger partial charge in [-0.1, -0.05) is 18.3 Å². The molecule has 1 atom stereocenters. The molecule has 1 fully saturated rings. The molecule has 2 heterocycles. The molecule has 1 saturated heterocycles. The average Bonchev–Trinajstić information content (AvgIpc) is 2.83. The first-order valence-corrected chi connectivity index (χ1v) is 6.39. The molecule has 1 aromatic rings. The van der Waals surface area contributed by atoms with Crippen molar-refractivity contribution in [1.82, 2.24) is 15.1 Å². The van der Waals surface area contributed by atoms with Gasteiger partial charge in [-0.3, -0.25) is 4.90 Å². The van der Waals surface area contributed by atoms with Gasteiger partial charge in [0.15, 0.2) is 0 Å². The lowest BCUT2D eigenvalue weighted by molar-refractivity contribution is 0.277. The first-order valence-electron chi connectivity index (χ1n) is 5.57. The van der Waals surface area contributed by atoms with Crippen molar-refractivity contribution < 1.29 is 0 Å². The van der Waals surface area contributed by atoms with E-state index in [1.54, 1.807) is 11.3 Å². The van der Waals surface area contributed by atoms with Crippen molar-refractivity contribution in [1.29, 1.82) is 0 Å². The SMILES string of the molecule is CCN1CCCC1CNc1nnc(C)s1. The highest BCUT2D eigenvalue weighted by Crippen LogP contribution is 2.19. The van der Waals surface area contributed by atoms with Crippen LogP contribution in [-0.2, 0) is 0 Å². The normalized spacial score (nSPS) is 22.1. The summed E-state index contributed by atoms with van der Waals surface area (Å²) < 4.78 is 0. The number of likely N-dealkylation sites (N-methyl/N-ethyl adjacent to an activating group) is 1. The van der Waals surface area contributed by atoms with E-state index in [1.165, 1.54) is 19.4 Å². The lowest BCUT2D eigenvalue weighted by Crippen LogP contribution is -2.34. The van der Waals surface area contributed by atoms with E-state index >= 15 is 0 Å². The van der Waals surface area contributed by atoms with Crippen molar-refractivity contribution in [2.24, 2.45) is 0 Å². The van der Waals surface area contributed by atoms with Crippen LogP contribution in [0.15, 0.2) is 0 Å². The van der Waals surface area contributed by atoms with Gasteiger partial charge in [0.05, 0.1) is 0 Å². The monoisotopic (exact) mass is 226 g/mol. The van der Waals surface area contributed by atoms with Crippen molar-refractivity contribution in [3.05, 3.63) is 5.01 Å². The summed E-state index contributed by atoms with van der Waals surface area (Å²) in [6, 6.07) is 0.680. The fourth-order valence-electron chi connectivity index (χ4n) is 2.12. The third-order valence-corrected chi connectivity index (χ3v) is 3.72. The molecule has 5 heteroatoms. The summed E-state index contributed by atoms with van der Waals surface area (Å²) in [6.45, 7) is 7.62. The first kappa shape index (κ1) is 10.8. The van der Waals surface area contributed by atoms with Gasteiger partial charge in [0, 0.05) is 12.6 Å². The molecule has 0 aromatic carbocycles. The number of aryl methyl sites for hydroxylation is 1. The molecular weight excluding hydrogens is 208 g/mol. The molecule has 1 N–H and O–H groups in total. The second-order valence-corrected chi connectivity index (χ2v) is 5.11. The van der Waals surface area contributed by atoms with E-state index < -0.39 is 0 Å². The van der Waals surface area contributed by atoms with Crippen LogP contribution in [0.1, 0.15) is 24.8 Å². The van der Waals surface area contributed by atoms with Gasteiger partial charge in [0.2, 0.25) is 5.13 Å². The van der Waals surface area contributed by atoms with Gasteiger partial charge in [0.25, 0.3) is 0 Å². The first-order chi connectivity index (χ1) is 7.29. The van der Waals surface area contributed by atoms with Crippen LogP contribution in [0.4, 0.5) is 5.13 Å². The molecular formula is C10H18N4S. The van der Waals surface area contributed by atoms with Crippen molar-refractivity contribution >= 4 is 16.5 Å². The van der Waals surface area contributed by atoms with Crippen LogP contribution >= 0.6 is 11.3 Å². The summed E-state index contributed by atoms with van der Waals surface area (Å²) in [5.74, 6) is 0. The average molecular weight is 226 g/mol. The molecule has 1 aromatic heterocycles. The molecule has 1 unspecified atom stereocenters. The fourth-order valence-corrected chi connectivity index (χ4v) is 2.71. The van der Waals surface area contributed by atoms with E-state index in [0.29, 0.717) is 6.04 Å². The number of nitrogens with one attached hydrogen (secondary N) is 1. The Morgan fingerprint density at radius 2 is 2.40 bits per heavy atom. The summed E-state index contributed by atoms with van der Waals surface area (Å²) in [5.41, 5.74) is 0. The van der Waals surface area contributed by atoms with Crippen molar-refractivity contribution in [2.45, 2.75) is 32.7 Å². The fraction of sp³-hybridized carbons (Fsp3) is 0.800. The number of nitrogens with zero attached hydrogens (tertiary/aromatic N) is 3. The van der Waals surface area contributed by atoms with Gasteiger partial charge in [-0.25, -0.2) is 0 Å². The highest BCUT2D eigenvalue weighted by molar-refractivity contribution is 7.15. The molecule has 15 heavy (non-hydrogen) atoms. The van der Waals surface area contributed by atoms with Gasteiger partial charge in [-0.15, -0.1) is 10.2 Å². The zero-order valence-corrected chi connectivity index (χ0v) is 10.2. The minimum absolute atomic E-state index is 0.680. The van der Waals surface area contributed by atoms with E-state index in [1.807, 2.05) is 6.92 Å². The maximum atomic E-state index is 4.07. The zero-order valence-electron chi connectivity index (χ0n) is 9.36. The molecule has 0 spiro atoms. The molecule has 0 aliphatic carbocycles. The highest BCUT2D eigenvalue weighted by Gasteiger charge is 2.22. The van der Waals surface area contributed by atoms with Crippen molar-refractivity contribution in [3.63, 3.8) is 0 Å². The number of likely N-dealkylation sites (tertiary alicyclic amines) is 1. The molecule has 0 radical (unpaired) electrons. The van der Waals surface area contributed by atoms with Gasteiger partial charge in [-0.05, 0) is 32.9 Å². The van der Waals surface area contributed by atoms with Crippen LogP contribution in [0.5, 0.6) is 0 Å². The Labute approximate surface area is 94.7 Å². The van der Waals surface area contributed by atoms with Crippen LogP contribution in [0.2, 0.25) is 0 Å². The second-order valence-electron chi connectivity index (χ2n) is 3.93. The van der Waals surface area contributed by atoms with Crippen LogP contribution in [0.3, 0.4) is 0 Å². The van der Waals surface area contributed by atoms with Crippen molar-refractivity contribution in [2.75, 3.05) is 25.0 Å². The summed E-state index contributed by atoms with van der Waals surface area (Å²) >= 11 is 1.63. The lowest BCUT2D eigenvalue weighted by atomic mass is 10.2. The minimum atomic E-state index is 0.680. The molecule has 2 rings (SSSR count). The Morgan fingerprint density at radius 1 is 1.53 bits per heavy atom. The number of rotatable bonds is 4. The molecule has 1 aliphatic rings. The number of hydrogen-bond donors (Lipinski definition) is 1. The van der Waals surface area contributed by atoms with Crippen LogP contribution in [0.25, 0.3) is 0 Å². The third-order valence-electron chi connectivity index (χ3n) is 2.92. The Morgan fingerprint density at radius 3 is 3.07 bits per heavy atom. The lowest BCUT2D eigenvalue weighted by Gasteiger charge is -2.22. The van der Waals surface area contributed by atoms with Gasteiger partial charge < -0.3 is 5.32 Å². The standard InChI is InChI=1S/C10H18N4S/c1-3-14-6-4-5-9(14)7-11-10-13-12-8(2)15-10/h9H,3-7H2,1-2H3,(H,11,13). The number of aromatic nitrogens is 2. The molecule has 84 valence electrons. The van der Waals surface area contributed by atoms with E-state index in [9.17, 15) is 0 Å². The Balaban J connectivity index is 1.82. The smallest absolute Gasteiger partial charge is 0.205 e. The Bertz CT molecular complexity index is 312. The number of hydrogen-bond acceptors (Lipinski definition) is 5. The molecule has 0 saturated carbocycles. The van der Waals surface area contributed by atoms with Gasteiger partial charge in [0.1, 0.15) is 5.01 Å². The summed E-state index contributed by atoms with van der Waals surface area (Å²) in [6.07, 6.45) is 2.63. The minimum Gasteiger partial charge on any atom is -0.359 e. The maximum Gasteiger partial charge on any atom is 0.205 e. The van der Waals surface area contributed by atoms with E-state index in [4.69, 9.17) is 0 Å². The Kier molecular flexibility index (Phi) is 3.53. The van der Waals surface area contributed by atoms with E-state index in [0.717, 1.165) is 23.2 Å². The Hall–Kier alpha value is -0.680. The highest BCUT2D eigenvalue weighted by atomic mass is 32.1. The van der Waals surface area contributed by atoms with E-state index in [-0.39, 0.29) is 0 Å². The summed E-state index contributed by atoms with van der Waals surface area (Å²) in [5, 5.41) is 13.4. The zero-order chi connectivity index (χ0) is 10.7. The summed E-state index contributed by atoms with van der Waals surface area (Å²) in [7, 11) is 0. The molecule has 1 aliphatic heterocycles. The van der Waals surface area contributed by atoms with E-state index in [2.05, 4.69) is 27.3 Å². The molecule has 4 nitrogen and oxygen atoms in total. The van der Waals surface area contributed by atoms with Crippen LogP contribution in [-0.4, -0.2) is 40.8 Å². The largest absolute Gasteiger partial charge is 0.359 e. The molecule has 0 amide bonds. The van der Waals surface area contributed by atoms with Crippen LogP contribution in [0, 0.1) is 6.92 Å². The van der Waals surface area contributed by atoms with Crippen LogP contribution < -0.4 is 5.32 Å². The predicted molar refractivity (Wildman–Crippen MR) is 63.4 cm³/mol. The van der Waals surface area contributed by atoms with Crippen molar-refractivity contribution in [3.8, 4) is 0 Å². The maximum absolute atomic E-state index is 4.07. The summed E-state index contributed by atoms with van der Waals surface area (Å²) in [4.78, 5) is 2.53.